The summed E-state index contributed by atoms with van der Waals surface area (Å²) >= 11 is 1.69. The number of rotatable bonds is 8. The van der Waals surface area contributed by atoms with Crippen molar-refractivity contribution in [3.05, 3.63) is 41.5 Å². The van der Waals surface area contributed by atoms with E-state index in [2.05, 4.69) is 86.4 Å². The first kappa shape index (κ1) is 23.2. The van der Waals surface area contributed by atoms with Crippen LogP contribution in [-0.4, -0.2) is 28.0 Å². The Hall–Kier alpha value is -2.47. The third-order valence-electron chi connectivity index (χ3n) is 5.05. The van der Waals surface area contributed by atoms with Gasteiger partial charge in [0.05, 0.1) is 5.39 Å². The maximum Gasteiger partial charge on any atom is 0.220 e. The Morgan fingerprint density at radius 2 is 1.77 bits per heavy atom. The number of benzene rings is 1. The number of fused-ring (bicyclic) bond motifs is 1. The molecule has 6 heteroatoms. The second-order valence-corrected chi connectivity index (χ2v) is 11.2. The monoisotopic (exact) mass is 438 g/mol. The second kappa shape index (κ2) is 9.35. The van der Waals surface area contributed by atoms with Crippen LogP contribution in [0, 0.1) is 12.3 Å². The van der Waals surface area contributed by atoms with Gasteiger partial charge in [-0.15, -0.1) is 11.3 Å². The summed E-state index contributed by atoms with van der Waals surface area (Å²) in [6.07, 6.45) is 3.77. The van der Waals surface area contributed by atoms with Crippen LogP contribution in [0.3, 0.4) is 0 Å². The number of aromatic nitrogens is 2. The summed E-state index contributed by atoms with van der Waals surface area (Å²) < 4.78 is 0. The predicted molar refractivity (Wildman–Crippen MR) is 132 cm³/mol. The summed E-state index contributed by atoms with van der Waals surface area (Å²) in [4.78, 5) is 23.6. The van der Waals surface area contributed by atoms with E-state index < -0.39 is 0 Å². The second-order valence-electron chi connectivity index (χ2n) is 10.0. The lowest BCUT2D eigenvalue weighted by Gasteiger charge is -2.33. The Balaban J connectivity index is 1.64. The molecule has 0 bridgehead atoms. The number of hydrogen-bond acceptors (Lipinski definition) is 5. The van der Waals surface area contributed by atoms with Gasteiger partial charge < -0.3 is 10.6 Å². The molecule has 0 saturated carbocycles. The van der Waals surface area contributed by atoms with E-state index in [9.17, 15) is 4.79 Å². The van der Waals surface area contributed by atoms with Gasteiger partial charge >= 0.3 is 0 Å². The van der Waals surface area contributed by atoms with Crippen molar-refractivity contribution in [3.63, 3.8) is 0 Å². The summed E-state index contributed by atoms with van der Waals surface area (Å²) in [6, 6.07) is 10.4. The smallest absolute Gasteiger partial charge is 0.220 e. The number of anilines is 1. The van der Waals surface area contributed by atoms with Crippen LogP contribution < -0.4 is 10.6 Å². The Morgan fingerprint density at radius 1 is 1.06 bits per heavy atom. The lowest BCUT2D eigenvalue weighted by Crippen LogP contribution is -2.45. The van der Waals surface area contributed by atoms with E-state index in [1.807, 2.05) is 6.07 Å². The molecule has 2 heterocycles. The number of amides is 1. The maximum absolute atomic E-state index is 12.4. The lowest BCUT2D eigenvalue weighted by molar-refractivity contribution is -0.123. The van der Waals surface area contributed by atoms with Gasteiger partial charge in [0.1, 0.15) is 17.0 Å². The molecule has 2 N–H and O–H groups in total. The van der Waals surface area contributed by atoms with Gasteiger partial charge in [-0.2, -0.15) is 0 Å². The first-order valence-corrected chi connectivity index (χ1v) is 11.7. The minimum Gasteiger partial charge on any atom is -0.369 e. The molecule has 0 radical (unpaired) electrons. The van der Waals surface area contributed by atoms with Crippen LogP contribution in [0.2, 0.25) is 0 Å². The highest BCUT2D eigenvalue weighted by Gasteiger charge is 2.26. The van der Waals surface area contributed by atoms with Crippen molar-refractivity contribution in [2.75, 3.05) is 11.9 Å². The van der Waals surface area contributed by atoms with Crippen molar-refractivity contribution in [3.8, 4) is 11.1 Å². The standard InChI is InChI=1S/C25H34N4OS/c1-17-20(18-11-8-7-9-12-18)21-22(27-16-28-23(21)31-17)26-14-10-13-19(30)29-25(5,6)15-24(2,3)4/h7-9,11-12,16H,10,13-15H2,1-6H3,(H,29,30)(H,26,27,28). The van der Waals surface area contributed by atoms with Crippen LogP contribution in [0.5, 0.6) is 0 Å². The fourth-order valence-corrected chi connectivity index (χ4v) is 5.41. The molecule has 1 amide bonds. The molecule has 0 aliphatic rings. The van der Waals surface area contributed by atoms with Crippen molar-refractivity contribution in [1.29, 1.82) is 0 Å². The highest BCUT2D eigenvalue weighted by atomic mass is 32.1. The Morgan fingerprint density at radius 3 is 2.45 bits per heavy atom. The molecule has 3 aromatic rings. The topological polar surface area (TPSA) is 66.9 Å². The van der Waals surface area contributed by atoms with E-state index in [0.717, 1.165) is 28.9 Å². The predicted octanol–water partition coefficient (Wildman–Crippen LogP) is 6.19. The minimum atomic E-state index is -0.208. The number of carbonyl (C=O) groups is 1. The molecule has 2 aromatic heterocycles. The van der Waals surface area contributed by atoms with Crippen LogP contribution >= 0.6 is 11.3 Å². The van der Waals surface area contributed by atoms with Gasteiger partial charge in [0.2, 0.25) is 5.91 Å². The van der Waals surface area contributed by atoms with Gasteiger partial charge in [-0.3, -0.25) is 4.79 Å². The SMILES string of the molecule is Cc1sc2ncnc(NCCCC(=O)NC(C)(C)CC(C)(C)C)c2c1-c1ccccc1. The highest BCUT2D eigenvalue weighted by Crippen LogP contribution is 2.40. The zero-order valence-corrected chi connectivity index (χ0v) is 20.3. The molecule has 31 heavy (non-hydrogen) atoms. The summed E-state index contributed by atoms with van der Waals surface area (Å²) in [5.41, 5.74) is 2.32. The average molecular weight is 439 g/mol. The van der Waals surface area contributed by atoms with Crippen molar-refractivity contribution < 1.29 is 4.79 Å². The summed E-state index contributed by atoms with van der Waals surface area (Å²) in [5, 5.41) is 7.69. The zero-order chi connectivity index (χ0) is 22.6. The molecule has 166 valence electrons. The quantitative estimate of drug-likeness (QED) is 0.412. The molecule has 0 aliphatic carbocycles. The Labute approximate surface area is 189 Å². The van der Waals surface area contributed by atoms with E-state index in [4.69, 9.17) is 0 Å². The normalized spacial score (nSPS) is 12.2. The maximum atomic E-state index is 12.4. The van der Waals surface area contributed by atoms with E-state index in [1.54, 1.807) is 17.7 Å². The molecule has 3 rings (SSSR count). The molecular formula is C25H34N4OS. The Kier molecular flexibility index (Phi) is 6.99. The van der Waals surface area contributed by atoms with Crippen molar-refractivity contribution in [2.45, 2.75) is 66.3 Å². The molecule has 0 fully saturated rings. The fourth-order valence-electron chi connectivity index (χ4n) is 4.40. The van der Waals surface area contributed by atoms with E-state index in [-0.39, 0.29) is 16.9 Å². The van der Waals surface area contributed by atoms with Crippen LogP contribution in [0.1, 0.15) is 58.8 Å². The third kappa shape index (κ3) is 6.26. The third-order valence-corrected chi connectivity index (χ3v) is 6.06. The molecule has 0 saturated heterocycles. The molecule has 0 unspecified atom stereocenters. The van der Waals surface area contributed by atoms with E-state index in [0.29, 0.717) is 13.0 Å². The van der Waals surface area contributed by atoms with E-state index in [1.165, 1.54) is 16.0 Å². The largest absolute Gasteiger partial charge is 0.369 e. The van der Waals surface area contributed by atoms with Gasteiger partial charge in [-0.1, -0.05) is 51.1 Å². The number of carbonyl (C=O) groups excluding carboxylic acids is 1. The van der Waals surface area contributed by atoms with Gasteiger partial charge in [-0.25, -0.2) is 9.97 Å². The number of aryl methyl sites for hydroxylation is 1. The highest BCUT2D eigenvalue weighted by molar-refractivity contribution is 7.19. The van der Waals surface area contributed by atoms with E-state index >= 15 is 0 Å². The van der Waals surface area contributed by atoms with Crippen LogP contribution in [0.25, 0.3) is 21.3 Å². The van der Waals surface area contributed by atoms with Crippen LogP contribution in [0.4, 0.5) is 5.82 Å². The van der Waals surface area contributed by atoms with Gasteiger partial charge in [-0.05, 0) is 44.6 Å². The average Bonchev–Trinajstić information content (AvgIpc) is 3.00. The van der Waals surface area contributed by atoms with Gasteiger partial charge in [0, 0.05) is 28.9 Å². The zero-order valence-electron chi connectivity index (χ0n) is 19.5. The summed E-state index contributed by atoms with van der Waals surface area (Å²) in [7, 11) is 0. The summed E-state index contributed by atoms with van der Waals surface area (Å²) in [6.45, 7) is 13.6. The molecule has 0 spiro atoms. The number of hydrogen-bond donors (Lipinski definition) is 2. The van der Waals surface area contributed by atoms with Crippen LogP contribution in [0.15, 0.2) is 36.7 Å². The molecular weight excluding hydrogens is 404 g/mol. The van der Waals surface area contributed by atoms with Crippen LogP contribution in [-0.2, 0) is 4.79 Å². The number of thiophene rings is 1. The summed E-state index contributed by atoms with van der Waals surface area (Å²) in [5.74, 6) is 0.932. The number of nitrogens with one attached hydrogen (secondary N) is 2. The lowest BCUT2D eigenvalue weighted by atomic mass is 9.82. The Bertz CT molecular complexity index is 1030. The van der Waals surface area contributed by atoms with Crippen molar-refractivity contribution in [2.24, 2.45) is 5.41 Å². The molecule has 0 aliphatic heterocycles. The van der Waals surface area contributed by atoms with Gasteiger partial charge in [0.15, 0.2) is 0 Å². The first-order valence-electron chi connectivity index (χ1n) is 10.9. The molecule has 1 aromatic carbocycles. The van der Waals surface area contributed by atoms with Gasteiger partial charge in [0.25, 0.3) is 0 Å². The first-order chi connectivity index (χ1) is 14.6. The van der Waals surface area contributed by atoms with Crippen molar-refractivity contribution >= 4 is 33.3 Å². The van der Waals surface area contributed by atoms with Crippen molar-refractivity contribution in [1.82, 2.24) is 15.3 Å². The molecule has 5 nitrogen and oxygen atoms in total. The number of nitrogens with zero attached hydrogens (tertiary/aromatic N) is 2. The minimum absolute atomic E-state index is 0.0974. The molecule has 0 atom stereocenters. The fraction of sp³-hybridized carbons (Fsp3) is 0.480.